The number of aryl methyl sites for hydroxylation is 2. The van der Waals surface area contributed by atoms with Crippen LogP contribution in [0.4, 0.5) is 0 Å². The van der Waals surface area contributed by atoms with E-state index < -0.39 is 0 Å². The molecule has 0 atom stereocenters. The van der Waals surface area contributed by atoms with Crippen LogP contribution in [-0.2, 0) is 7.05 Å². The molecule has 5 heteroatoms. The summed E-state index contributed by atoms with van der Waals surface area (Å²) >= 11 is 0. The summed E-state index contributed by atoms with van der Waals surface area (Å²) in [5.41, 5.74) is 3.44. The molecule has 0 radical (unpaired) electrons. The van der Waals surface area contributed by atoms with E-state index in [1.165, 1.54) is 12.8 Å². The Morgan fingerprint density at radius 1 is 1.48 bits per heavy atom. The molecule has 112 valence electrons. The predicted octanol–water partition coefficient (Wildman–Crippen LogP) is 2.68. The number of fused-ring (bicyclic) bond motifs is 1. The second-order valence-corrected chi connectivity index (χ2v) is 5.89. The Morgan fingerprint density at radius 2 is 2.24 bits per heavy atom. The minimum absolute atomic E-state index is 0.00569. The molecule has 21 heavy (non-hydrogen) atoms. The van der Waals surface area contributed by atoms with E-state index in [4.69, 9.17) is 4.98 Å². The van der Waals surface area contributed by atoms with Crippen LogP contribution in [0.15, 0.2) is 6.07 Å². The number of carbonyl (C=O) groups excluding carboxylic acids is 1. The summed E-state index contributed by atoms with van der Waals surface area (Å²) in [5, 5.41) is 8.32. The van der Waals surface area contributed by atoms with Gasteiger partial charge in [-0.3, -0.25) is 9.48 Å². The van der Waals surface area contributed by atoms with Crippen molar-refractivity contribution in [2.24, 2.45) is 7.05 Å². The third kappa shape index (κ3) is 2.64. The number of amides is 1. The lowest BCUT2D eigenvalue weighted by Gasteiger charge is -2.08. The topological polar surface area (TPSA) is 59.8 Å². The first-order chi connectivity index (χ1) is 10.1. The first-order valence-electron chi connectivity index (χ1n) is 7.74. The van der Waals surface area contributed by atoms with Gasteiger partial charge in [0.15, 0.2) is 5.65 Å². The van der Waals surface area contributed by atoms with E-state index in [0.29, 0.717) is 5.92 Å². The standard InChI is InChI=1S/C16H22N4O/c1-4-5-8-17-16(21)12-9-13(11-6-7-11)18-15-14(12)10(2)19-20(15)3/h9,11H,4-8H2,1-3H3,(H,17,21). The second-order valence-electron chi connectivity index (χ2n) is 5.89. The van der Waals surface area contributed by atoms with E-state index in [0.717, 1.165) is 47.4 Å². The summed E-state index contributed by atoms with van der Waals surface area (Å²) < 4.78 is 1.78. The highest BCUT2D eigenvalue weighted by Crippen LogP contribution is 2.40. The third-order valence-electron chi connectivity index (χ3n) is 4.04. The van der Waals surface area contributed by atoms with Crippen LogP contribution in [-0.4, -0.2) is 27.2 Å². The van der Waals surface area contributed by atoms with Gasteiger partial charge in [0, 0.05) is 25.2 Å². The van der Waals surface area contributed by atoms with Crippen LogP contribution in [0.25, 0.3) is 11.0 Å². The smallest absolute Gasteiger partial charge is 0.252 e. The number of hydrogen-bond acceptors (Lipinski definition) is 3. The number of hydrogen-bond donors (Lipinski definition) is 1. The molecule has 1 saturated carbocycles. The minimum atomic E-state index is -0.00569. The Bertz CT molecular complexity index is 685. The van der Waals surface area contributed by atoms with E-state index in [1.807, 2.05) is 20.0 Å². The molecule has 0 saturated heterocycles. The van der Waals surface area contributed by atoms with Crippen LogP contribution >= 0.6 is 0 Å². The molecule has 0 bridgehead atoms. The first-order valence-corrected chi connectivity index (χ1v) is 7.74. The highest BCUT2D eigenvalue weighted by Gasteiger charge is 2.28. The minimum Gasteiger partial charge on any atom is -0.352 e. The molecule has 5 nitrogen and oxygen atoms in total. The van der Waals surface area contributed by atoms with Crippen LogP contribution in [0.2, 0.25) is 0 Å². The maximum absolute atomic E-state index is 12.5. The average molecular weight is 286 g/mol. The van der Waals surface area contributed by atoms with Crippen molar-refractivity contribution in [1.29, 1.82) is 0 Å². The zero-order valence-electron chi connectivity index (χ0n) is 12.9. The summed E-state index contributed by atoms with van der Waals surface area (Å²) in [7, 11) is 1.89. The van der Waals surface area contributed by atoms with Crippen molar-refractivity contribution < 1.29 is 4.79 Å². The molecule has 1 N–H and O–H groups in total. The molecule has 2 heterocycles. The number of nitrogens with one attached hydrogen (secondary N) is 1. The van der Waals surface area contributed by atoms with Crippen molar-refractivity contribution in [2.45, 2.75) is 45.4 Å². The molecular formula is C16H22N4O. The number of rotatable bonds is 5. The van der Waals surface area contributed by atoms with Crippen LogP contribution in [0, 0.1) is 6.92 Å². The number of carbonyl (C=O) groups is 1. The fourth-order valence-electron chi connectivity index (χ4n) is 2.71. The van der Waals surface area contributed by atoms with Crippen LogP contribution in [0.1, 0.15) is 60.3 Å². The number of nitrogens with zero attached hydrogens (tertiary/aromatic N) is 3. The van der Waals surface area contributed by atoms with Crippen LogP contribution < -0.4 is 5.32 Å². The van der Waals surface area contributed by atoms with Gasteiger partial charge in [-0.15, -0.1) is 0 Å². The molecule has 1 aliphatic rings. The van der Waals surface area contributed by atoms with Crippen molar-refractivity contribution in [3.05, 3.63) is 23.0 Å². The molecule has 2 aromatic heterocycles. The zero-order valence-corrected chi connectivity index (χ0v) is 12.9. The highest BCUT2D eigenvalue weighted by atomic mass is 16.1. The van der Waals surface area contributed by atoms with Crippen molar-refractivity contribution in [3.8, 4) is 0 Å². The maximum Gasteiger partial charge on any atom is 0.252 e. The van der Waals surface area contributed by atoms with Gasteiger partial charge in [-0.2, -0.15) is 5.10 Å². The number of pyridine rings is 1. The first kappa shape index (κ1) is 14.0. The van der Waals surface area contributed by atoms with Gasteiger partial charge in [0.25, 0.3) is 5.91 Å². The molecule has 0 unspecified atom stereocenters. The Balaban J connectivity index is 2.04. The number of aromatic nitrogens is 3. The van der Waals surface area contributed by atoms with Gasteiger partial charge < -0.3 is 5.32 Å². The Kier molecular flexibility index (Phi) is 3.66. The van der Waals surface area contributed by atoms with Crippen molar-refractivity contribution in [2.75, 3.05) is 6.54 Å². The summed E-state index contributed by atoms with van der Waals surface area (Å²) in [4.78, 5) is 17.2. The molecule has 1 fully saturated rings. The highest BCUT2D eigenvalue weighted by molar-refractivity contribution is 6.06. The van der Waals surface area contributed by atoms with Gasteiger partial charge in [0.1, 0.15) is 0 Å². The monoisotopic (exact) mass is 286 g/mol. The molecule has 0 aliphatic heterocycles. The molecule has 0 spiro atoms. The zero-order chi connectivity index (χ0) is 15.0. The van der Waals surface area contributed by atoms with Crippen LogP contribution in [0.3, 0.4) is 0 Å². The van der Waals surface area contributed by atoms with Gasteiger partial charge in [0.2, 0.25) is 0 Å². The summed E-state index contributed by atoms with van der Waals surface area (Å²) in [6.07, 6.45) is 4.42. The fourth-order valence-corrected chi connectivity index (χ4v) is 2.71. The number of unbranched alkanes of at least 4 members (excludes halogenated alkanes) is 1. The van der Waals surface area contributed by atoms with E-state index in [-0.39, 0.29) is 5.91 Å². The molecular weight excluding hydrogens is 264 g/mol. The average Bonchev–Trinajstić information content (AvgIpc) is 3.26. The Labute approximate surface area is 124 Å². The second kappa shape index (κ2) is 5.47. The van der Waals surface area contributed by atoms with Crippen molar-refractivity contribution in [1.82, 2.24) is 20.1 Å². The normalized spacial score (nSPS) is 14.6. The van der Waals surface area contributed by atoms with E-state index >= 15 is 0 Å². The third-order valence-corrected chi connectivity index (χ3v) is 4.04. The summed E-state index contributed by atoms with van der Waals surface area (Å²) in [6.45, 7) is 4.77. The summed E-state index contributed by atoms with van der Waals surface area (Å²) in [6, 6.07) is 1.97. The summed E-state index contributed by atoms with van der Waals surface area (Å²) in [5.74, 6) is 0.514. The van der Waals surface area contributed by atoms with Gasteiger partial charge >= 0.3 is 0 Å². The van der Waals surface area contributed by atoms with E-state index in [2.05, 4.69) is 17.3 Å². The van der Waals surface area contributed by atoms with Crippen molar-refractivity contribution in [3.63, 3.8) is 0 Å². The fraction of sp³-hybridized carbons (Fsp3) is 0.562. The van der Waals surface area contributed by atoms with Gasteiger partial charge in [-0.05, 0) is 32.3 Å². The quantitative estimate of drug-likeness (QED) is 0.860. The van der Waals surface area contributed by atoms with Gasteiger partial charge in [-0.25, -0.2) is 4.98 Å². The molecule has 3 rings (SSSR count). The van der Waals surface area contributed by atoms with Crippen LogP contribution in [0.5, 0.6) is 0 Å². The van der Waals surface area contributed by atoms with Crippen molar-refractivity contribution >= 4 is 16.9 Å². The molecule has 1 amide bonds. The lowest BCUT2D eigenvalue weighted by molar-refractivity contribution is 0.0954. The molecule has 1 aliphatic carbocycles. The molecule has 2 aromatic rings. The maximum atomic E-state index is 12.5. The Morgan fingerprint density at radius 3 is 2.90 bits per heavy atom. The molecule has 0 aromatic carbocycles. The van der Waals surface area contributed by atoms with E-state index in [9.17, 15) is 4.79 Å². The van der Waals surface area contributed by atoms with E-state index in [1.54, 1.807) is 4.68 Å². The van der Waals surface area contributed by atoms with Gasteiger partial charge in [-0.1, -0.05) is 13.3 Å². The largest absolute Gasteiger partial charge is 0.352 e. The van der Waals surface area contributed by atoms with Gasteiger partial charge in [0.05, 0.1) is 16.6 Å². The Hall–Kier alpha value is -1.91. The lowest BCUT2D eigenvalue weighted by Crippen LogP contribution is -2.25. The lowest BCUT2D eigenvalue weighted by atomic mass is 10.1. The SMILES string of the molecule is CCCCNC(=O)c1cc(C2CC2)nc2c1c(C)nn2C. The predicted molar refractivity (Wildman–Crippen MR) is 82.5 cm³/mol.